The number of hydrogen-bond donors (Lipinski definition) is 2. The zero-order valence-electron chi connectivity index (χ0n) is 9.73. The highest BCUT2D eigenvalue weighted by Gasteiger charge is 2.22. The van der Waals surface area contributed by atoms with Crippen LogP contribution >= 0.6 is 43.2 Å². The van der Waals surface area contributed by atoms with Gasteiger partial charge in [-0.05, 0) is 40.2 Å². The van der Waals surface area contributed by atoms with Crippen LogP contribution in [0.5, 0.6) is 0 Å². The Balaban J connectivity index is 2.40. The van der Waals surface area contributed by atoms with Gasteiger partial charge in [-0.25, -0.2) is 12.8 Å². The molecule has 108 valence electrons. The molecule has 1 heterocycles. The molecule has 0 aliphatic carbocycles. The van der Waals surface area contributed by atoms with Crippen LogP contribution in [-0.4, -0.2) is 13.5 Å². The van der Waals surface area contributed by atoms with E-state index >= 15 is 0 Å². The summed E-state index contributed by atoms with van der Waals surface area (Å²) in [5, 5.41) is 9.02. The number of hydrogen-bond acceptors (Lipinski definition) is 4. The molecule has 0 amide bonds. The molecule has 0 atom stereocenters. The highest BCUT2D eigenvalue weighted by atomic mass is 79.9. The molecule has 1 aromatic carbocycles. The standard InChI is InChI=1S/C11H8Br2FNO3S2/c12-6-1-2-8(14)9(3-6)15-20(17,18)10-4-7(5-16)19-11(10)13/h1-4,15-16H,5H2. The van der Waals surface area contributed by atoms with E-state index in [1.54, 1.807) is 0 Å². The monoisotopic (exact) mass is 443 g/mol. The third-order valence-electron chi connectivity index (χ3n) is 2.32. The van der Waals surface area contributed by atoms with Crippen molar-refractivity contribution in [2.45, 2.75) is 11.5 Å². The summed E-state index contributed by atoms with van der Waals surface area (Å²) in [4.78, 5) is 0.456. The lowest BCUT2D eigenvalue weighted by molar-refractivity contribution is 0.285. The van der Waals surface area contributed by atoms with Crippen molar-refractivity contribution in [2.24, 2.45) is 0 Å². The third kappa shape index (κ3) is 3.40. The fourth-order valence-corrected chi connectivity index (χ4v) is 5.40. The highest BCUT2D eigenvalue weighted by molar-refractivity contribution is 9.11. The lowest BCUT2D eigenvalue weighted by Crippen LogP contribution is -2.13. The van der Waals surface area contributed by atoms with E-state index < -0.39 is 15.8 Å². The van der Waals surface area contributed by atoms with Crippen molar-refractivity contribution in [3.8, 4) is 0 Å². The van der Waals surface area contributed by atoms with Gasteiger partial charge in [0.25, 0.3) is 10.0 Å². The number of sulfonamides is 1. The molecular weight excluding hydrogens is 437 g/mol. The summed E-state index contributed by atoms with van der Waals surface area (Å²) in [6, 6.07) is 5.30. The van der Waals surface area contributed by atoms with Crippen molar-refractivity contribution in [3.05, 3.63) is 43.2 Å². The van der Waals surface area contributed by atoms with E-state index in [4.69, 9.17) is 5.11 Å². The number of aliphatic hydroxyl groups excluding tert-OH is 1. The van der Waals surface area contributed by atoms with Gasteiger partial charge in [-0.1, -0.05) is 15.9 Å². The molecule has 2 N–H and O–H groups in total. The van der Waals surface area contributed by atoms with Gasteiger partial charge in [-0.15, -0.1) is 11.3 Å². The maximum atomic E-state index is 13.6. The van der Waals surface area contributed by atoms with Gasteiger partial charge >= 0.3 is 0 Å². The Bertz CT molecular complexity index is 746. The summed E-state index contributed by atoms with van der Waals surface area (Å²) in [5.41, 5.74) is -0.150. The van der Waals surface area contributed by atoms with E-state index in [1.165, 1.54) is 18.2 Å². The third-order valence-corrected chi connectivity index (χ3v) is 6.42. The van der Waals surface area contributed by atoms with Crippen molar-refractivity contribution in [2.75, 3.05) is 4.72 Å². The second kappa shape index (κ2) is 6.10. The first-order chi connectivity index (χ1) is 9.33. The van der Waals surface area contributed by atoms with Gasteiger partial charge in [0.1, 0.15) is 10.7 Å². The van der Waals surface area contributed by atoms with Gasteiger partial charge in [-0.2, -0.15) is 0 Å². The molecular formula is C11H8Br2FNO3S2. The number of aliphatic hydroxyl groups is 1. The summed E-state index contributed by atoms with van der Waals surface area (Å²) in [6.45, 7) is -0.260. The van der Waals surface area contributed by atoms with Crippen LogP contribution in [0, 0.1) is 5.82 Å². The fourth-order valence-electron chi connectivity index (χ4n) is 1.43. The van der Waals surface area contributed by atoms with Crippen LogP contribution in [0.25, 0.3) is 0 Å². The first kappa shape index (κ1) is 15.9. The van der Waals surface area contributed by atoms with E-state index in [2.05, 4.69) is 36.6 Å². The van der Waals surface area contributed by atoms with Crippen molar-refractivity contribution < 1.29 is 17.9 Å². The molecule has 9 heteroatoms. The predicted molar refractivity (Wildman–Crippen MR) is 82.9 cm³/mol. The second-order valence-corrected chi connectivity index (χ2v) is 8.76. The first-order valence-electron chi connectivity index (χ1n) is 5.20. The average molecular weight is 445 g/mol. The lowest BCUT2D eigenvalue weighted by atomic mass is 10.3. The lowest BCUT2D eigenvalue weighted by Gasteiger charge is -2.08. The van der Waals surface area contributed by atoms with Gasteiger partial charge in [-0.3, -0.25) is 4.72 Å². The Kier molecular flexibility index (Phi) is 4.85. The number of anilines is 1. The Labute approximate surface area is 135 Å². The summed E-state index contributed by atoms with van der Waals surface area (Å²) >= 11 is 7.38. The van der Waals surface area contributed by atoms with E-state index in [0.717, 1.165) is 17.4 Å². The molecule has 4 nitrogen and oxygen atoms in total. The maximum absolute atomic E-state index is 13.6. The normalized spacial score (nSPS) is 11.6. The molecule has 0 saturated carbocycles. The highest BCUT2D eigenvalue weighted by Crippen LogP contribution is 2.33. The molecule has 20 heavy (non-hydrogen) atoms. The summed E-state index contributed by atoms with van der Waals surface area (Å²) < 4.78 is 41.1. The smallest absolute Gasteiger partial charge is 0.263 e. The summed E-state index contributed by atoms with van der Waals surface area (Å²) in [5.74, 6) is -0.675. The largest absolute Gasteiger partial charge is 0.391 e. The number of rotatable bonds is 4. The Morgan fingerprint density at radius 3 is 2.60 bits per heavy atom. The summed E-state index contributed by atoms with van der Waals surface area (Å²) in [6.07, 6.45) is 0. The second-order valence-electron chi connectivity index (χ2n) is 3.74. The predicted octanol–water partition coefficient (Wildman–Crippen LogP) is 3.71. The molecule has 0 aliphatic rings. The zero-order valence-corrected chi connectivity index (χ0v) is 14.5. The summed E-state index contributed by atoms with van der Waals surface area (Å²) in [7, 11) is -3.93. The first-order valence-corrected chi connectivity index (χ1v) is 9.09. The van der Waals surface area contributed by atoms with E-state index in [-0.39, 0.29) is 17.2 Å². The van der Waals surface area contributed by atoms with Crippen molar-refractivity contribution >= 4 is 58.9 Å². The van der Waals surface area contributed by atoms with Crippen LogP contribution in [0.1, 0.15) is 4.88 Å². The van der Waals surface area contributed by atoms with E-state index in [1.807, 2.05) is 0 Å². The van der Waals surface area contributed by atoms with Gasteiger partial charge in [0.15, 0.2) is 0 Å². The van der Waals surface area contributed by atoms with Crippen LogP contribution in [0.3, 0.4) is 0 Å². The van der Waals surface area contributed by atoms with Gasteiger partial charge < -0.3 is 5.11 Å². The van der Waals surface area contributed by atoms with Crippen molar-refractivity contribution in [3.63, 3.8) is 0 Å². The molecule has 1 aromatic heterocycles. The number of benzene rings is 1. The van der Waals surface area contributed by atoms with Crippen LogP contribution in [0.15, 0.2) is 37.4 Å². The number of halogens is 3. The Hall–Kier alpha value is -0.480. The Morgan fingerprint density at radius 1 is 1.30 bits per heavy atom. The fraction of sp³-hybridized carbons (Fsp3) is 0.0909. The van der Waals surface area contributed by atoms with Crippen LogP contribution < -0.4 is 4.72 Å². The minimum absolute atomic E-state index is 0.0362. The van der Waals surface area contributed by atoms with E-state index in [0.29, 0.717) is 13.1 Å². The van der Waals surface area contributed by atoms with Crippen LogP contribution in [0.2, 0.25) is 0 Å². The molecule has 0 spiro atoms. The quantitative estimate of drug-likeness (QED) is 0.755. The molecule has 0 bridgehead atoms. The minimum atomic E-state index is -3.93. The molecule has 2 rings (SSSR count). The Morgan fingerprint density at radius 2 is 2.00 bits per heavy atom. The molecule has 0 saturated heterocycles. The molecule has 0 fully saturated rings. The minimum Gasteiger partial charge on any atom is -0.391 e. The molecule has 2 aromatic rings. The maximum Gasteiger partial charge on any atom is 0.263 e. The van der Waals surface area contributed by atoms with Crippen LogP contribution in [-0.2, 0) is 16.6 Å². The van der Waals surface area contributed by atoms with Gasteiger partial charge in [0, 0.05) is 9.35 Å². The topological polar surface area (TPSA) is 66.4 Å². The van der Waals surface area contributed by atoms with E-state index in [9.17, 15) is 12.8 Å². The van der Waals surface area contributed by atoms with Gasteiger partial charge in [0.2, 0.25) is 0 Å². The van der Waals surface area contributed by atoms with Gasteiger partial charge in [0.05, 0.1) is 16.1 Å². The molecule has 0 aliphatic heterocycles. The SMILES string of the molecule is O=S(=O)(Nc1cc(Br)ccc1F)c1cc(CO)sc1Br. The molecule has 0 radical (unpaired) electrons. The number of nitrogens with one attached hydrogen (secondary N) is 1. The van der Waals surface area contributed by atoms with Crippen molar-refractivity contribution in [1.29, 1.82) is 0 Å². The molecule has 0 unspecified atom stereocenters. The number of thiophene rings is 1. The average Bonchev–Trinajstić information content (AvgIpc) is 2.76. The zero-order chi connectivity index (χ0) is 14.9. The van der Waals surface area contributed by atoms with Crippen molar-refractivity contribution in [1.82, 2.24) is 0 Å². The van der Waals surface area contributed by atoms with Crippen LogP contribution in [0.4, 0.5) is 10.1 Å².